The summed E-state index contributed by atoms with van der Waals surface area (Å²) in [6.45, 7) is 2.12. The number of carbonyl (C=O) groups is 1. The van der Waals surface area contributed by atoms with Gasteiger partial charge in [-0.1, -0.05) is 0 Å². The van der Waals surface area contributed by atoms with E-state index in [1.165, 1.54) is 22.8 Å². The summed E-state index contributed by atoms with van der Waals surface area (Å²) in [6.07, 6.45) is 4.42. The molecule has 120 valence electrons. The van der Waals surface area contributed by atoms with Crippen molar-refractivity contribution in [3.05, 3.63) is 18.5 Å². The van der Waals surface area contributed by atoms with Gasteiger partial charge in [0, 0.05) is 18.3 Å². The molecular formula is C14H18N2O5S. The summed E-state index contributed by atoms with van der Waals surface area (Å²) in [6, 6.07) is 0.802. The number of rotatable bonds is 5. The minimum absolute atomic E-state index is 0.0137. The van der Waals surface area contributed by atoms with E-state index in [4.69, 9.17) is 4.74 Å². The van der Waals surface area contributed by atoms with Gasteiger partial charge in [0.05, 0.1) is 18.7 Å². The summed E-state index contributed by atoms with van der Waals surface area (Å²) in [4.78, 5) is 15.2. The number of aliphatic carboxylic acids is 1. The van der Waals surface area contributed by atoms with Crippen LogP contribution in [0.2, 0.25) is 0 Å². The fraction of sp³-hybridized carbons (Fsp3) is 0.571. The van der Waals surface area contributed by atoms with Crippen LogP contribution in [0.5, 0.6) is 5.75 Å². The number of hydrogen-bond acceptors (Lipinski definition) is 5. The van der Waals surface area contributed by atoms with Gasteiger partial charge >= 0.3 is 5.97 Å². The van der Waals surface area contributed by atoms with Gasteiger partial charge in [-0.25, -0.2) is 8.42 Å². The van der Waals surface area contributed by atoms with Gasteiger partial charge in [-0.3, -0.25) is 9.78 Å². The smallest absolute Gasteiger partial charge is 0.308 e. The van der Waals surface area contributed by atoms with E-state index in [0.29, 0.717) is 25.9 Å². The molecule has 2 fully saturated rings. The molecule has 3 atom stereocenters. The highest BCUT2D eigenvalue weighted by Gasteiger charge is 2.54. The minimum Gasteiger partial charge on any atom is -0.492 e. The number of carboxylic acids is 1. The summed E-state index contributed by atoms with van der Waals surface area (Å²) >= 11 is 0. The third kappa shape index (κ3) is 2.26. The van der Waals surface area contributed by atoms with Gasteiger partial charge in [-0.05, 0) is 32.3 Å². The van der Waals surface area contributed by atoms with Crippen LogP contribution in [0.25, 0.3) is 0 Å². The highest BCUT2D eigenvalue weighted by Crippen LogP contribution is 2.45. The molecule has 0 spiro atoms. The molecule has 0 saturated carbocycles. The van der Waals surface area contributed by atoms with Gasteiger partial charge < -0.3 is 9.84 Å². The van der Waals surface area contributed by atoms with Crippen molar-refractivity contribution >= 4 is 16.0 Å². The fourth-order valence-corrected chi connectivity index (χ4v) is 5.52. The van der Waals surface area contributed by atoms with Crippen LogP contribution in [0.1, 0.15) is 26.2 Å². The van der Waals surface area contributed by atoms with Crippen LogP contribution in [0.15, 0.2) is 23.4 Å². The normalized spacial score (nSPS) is 28.0. The number of carboxylic acid groups (broad SMARTS) is 1. The summed E-state index contributed by atoms with van der Waals surface area (Å²) < 4.78 is 32.7. The zero-order valence-electron chi connectivity index (χ0n) is 12.2. The molecular weight excluding hydrogens is 308 g/mol. The number of aromatic nitrogens is 1. The van der Waals surface area contributed by atoms with Crippen LogP contribution in [0.4, 0.5) is 0 Å². The molecule has 2 bridgehead atoms. The van der Waals surface area contributed by atoms with Gasteiger partial charge in [0.1, 0.15) is 10.6 Å². The van der Waals surface area contributed by atoms with Gasteiger partial charge in [0.15, 0.2) is 0 Å². The maximum atomic E-state index is 13.0. The number of sulfonamides is 1. The van der Waals surface area contributed by atoms with E-state index in [1.807, 2.05) is 0 Å². The van der Waals surface area contributed by atoms with E-state index in [2.05, 4.69) is 4.98 Å². The zero-order valence-corrected chi connectivity index (χ0v) is 13.0. The summed E-state index contributed by atoms with van der Waals surface area (Å²) in [7, 11) is -3.81. The molecule has 22 heavy (non-hydrogen) atoms. The van der Waals surface area contributed by atoms with Crippen molar-refractivity contribution in [1.82, 2.24) is 9.29 Å². The molecule has 0 aliphatic carbocycles. The van der Waals surface area contributed by atoms with Crippen LogP contribution in [-0.2, 0) is 14.8 Å². The lowest BCUT2D eigenvalue weighted by Gasteiger charge is -2.23. The molecule has 3 heterocycles. The second-order valence-corrected chi connectivity index (χ2v) is 7.38. The first-order valence-electron chi connectivity index (χ1n) is 7.30. The Labute approximate surface area is 129 Å². The lowest BCUT2D eigenvalue weighted by atomic mass is 9.89. The zero-order chi connectivity index (χ0) is 15.9. The van der Waals surface area contributed by atoms with Gasteiger partial charge in [-0.2, -0.15) is 4.31 Å². The van der Waals surface area contributed by atoms with Crippen LogP contribution in [0.3, 0.4) is 0 Å². The molecule has 0 aromatic carbocycles. The Bertz CT molecular complexity index is 690. The largest absolute Gasteiger partial charge is 0.492 e. The van der Waals surface area contributed by atoms with Crippen LogP contribution in [-0.4, -0.2) is 47.5 Å². The van der Waals surface area contributed by atoms with Gasteiger partial charge in [-0.15, -0.1) is 0 Å². The number of pyridine rings is 1. The SMILES string of the molecule is CCOc1ccncc1S(=O)(=O)N1C2CCC1C(C(=O)O)C2. The van der Waals surface area contributed by atoms with E-state index < -0.39 is 28.0 Å². The molecule has 7 nitrogen and oxygen atoms in total. The Hall–Kier alpha value is -1.67. The average Bonchev–Trinajstić information content (AvgIpc) is 3.06. The molecule has 2 saturated heterocycles. The lowest BCUT2D eigenvalue weighted by molar-refractivity contribution is -0.142. The predicted octanol–water partition coefficient (Wildman–Crippen LogP) is 1.11. The molecule has 2 aliphatic rings. The highest BCUT2D eigenvalue weighted by atomic mass is 32.2. The van der Waals surface area contributed by atoms with Crippen LogP contribution >= 0.6 is 0 Å². The second-order valence-electron chi connectivity index (χ2n) is 5.57. The van der Waals surface area contributed by atoms with E-state index >= 15 is 0 Å². The number of fused-ring (bicyclic) bond motifs is 2. The van der Waals surface area contributed by atoms with E-state index in [9.17, 15) is 18.3 Å². The molecule has 1 aromatic heterocycles. The summed E-state index contributed by atoms with van der Waals surface area (Å²) in [5, 5.41) is 9.27. The standard InChI is InChI=1S/C14H18N2O5S/c1-2-21-12-5-6-15-8-13(12)22(19,20)16-9-3-4-11(16)10(7-9)14(17)18/h5-6,8-11H,2-4,7H2,1H3,(H,17,18). The first-order chi connectivity index (χ1) is 10.5. The van der Waals surface area contributed by atoms with Crippen molar-refractivity contribution in [1.29, 1.82) is 0 Å². The molecule has 3 unspecified atom stereocenters. The van der Waals surface area contributed by atoms with Crippen molar-refractivity contribution in [3.63, 3.8) is 0 Å². The van der Waals surface area contributed by atoms with E-state index in [1.54, 1.807) is 6.92 Å². The van der Waals surface area contributed by atoms with Crippen molar-refractivity contribution in [2.24, 2.45) is 5.92 Å². The molecule has 8 heteroatoms. The molecule has 0 radical (unpaired) electrons. The highest BCUT2D eigenvalue weighted by molar-refractivity contribution is 7.89. The lowest BCUT2D eigenvalue weighted by Crippen LogP contribution is -2.38. The Morgan fingerprint density at radius 2 is 2.27 bits per heavy atom. The molecule has 0 amide bonds. The monoisotopic (exact) mass is 326 g/mol. The maximum Gasteiger partial charge on any atom is 0.308 e. The van der Waals surface area contributed by atoms with Crippen molar-refractivity contribution in [2.75, 3.05) is 6.61 Å². The second kappa shape index (κ2) is 5.51. The average molecular weight is 326 g/mol. The van der Waals surface area contributed by atoms with E-state index in [0.717, 1.165) is 0 Å². The topological polar surface area (TPSA) is 96.8 Å². The quantitative estimate of drug-likeness (QED) is 0.870. The van der Waals surface area contributed by atoms with Crippen molar-refractivity contribution in [2.45, 2.75) is 43.2 Å². The van der Waals surface area contributed by atoms with Crippen molar-refractivity contribution in [3.8, 4) is 5.75 Å². The Morgan fingerprint density at radius 1 is 1.50 bits per heavy atom. The molecule has 1 aromatic rings. The molecule has 1 N–H and O–H groups in total. The third-order valence-corrected chi connectivity index (χ3v) is 6.38. The Morgan fingerprint density at radius 3 is 2.91 bits per heavy atom. The minimum atomic E-state index is -3.81. The molecule has 2 aliphatic heterocycles. The van der Waals surface area contributed by atoms with Gasteiger partial charge in [0.2, 0.25) is 10.0 Å². The first-order valence-corrected chi connectivity index (χ1v) is 8.74. The predicted molar refractivity (Wildman–Crippen MR) is 77.0 cm³/mol. The summed E-state index contributed by atoms with van der Waals surface area (Å²) in [5.74, 6) is -1.29. The number of hydrogen-bond donors (Lipinski definition) is 1. The Kier molecular flexibility index (Phi) is 3.82. The summed E-state index contributed by atoms with van der Waals surface area (Å²) in [5.41, 5.74) is 0. The Balaban J connectivity index is 2.00. The third-order valence-electron chi connectivity index (χ3n) is 4.39. The van der Waals surface area contributed by atoms with Crippen LogP contribution < -0.4 is 4.74 Å². The maximum absolute atomic E-state index is 13.0. The fourth-order valence-electron chi connectivity index (χ4n) is 3.53. The van der Waals surface area contributed by atoms with Gasteiger partial charge in [0.25, 0.3) is 0 Å². The van der Waals surface area contributed by atoms with Crippen molar-refractivity contribution < 1.29 is 23.1 Å². The first kappa shape index (κ1) is 15.2. The molecule has 3 rings (SSSR count). The van der Waals surface area contributed by atoms with Crippen LogP contribution in [0, 0.1) is 5.92 Å². The number of ether oxygens (including phenoxy) is 1. The number of nitrogens with zero attached hydrogens (tertiary/aromatic N) is 2. The van der Waals surface area contributed by atoms with E-state index in [-0.39, 0.29) is 16.7 Å².